The van der Waals surface area contributed by atoms with Crippen molar-refractivity contribution in [2.75, 3.05) is 6.61 Å². The van der Waals surface area contributed by atoms with Gasteiger partial charge in [0.15, 0.2) is 0 Å². The van der Waals surface area contributed by atoms with Gasteiger partial charge in [-0.3, -0.25) is 0 Å². The molecule has 0 spiro atoms. The monoisotopic (exact) mass is 295 g/mol. The first kappa shape index (κ1) is 14.4. The van der Waals surface area contributed by atoms with Crippen molar-refractivity contribution < 1.29 is 9.53 Å². The maximum Gasteiger partial charge on any atom is 0.407 e. The zero-order valence-electron chi connectivity index (χ0n) is 9.12. The van der Waals surface area contributed by atoms with E-state index in [-0.39, 0.29) is 12.6 Å². The summed E-state index contributed by atoms with van der Waals surface area (Å²) in [4.78, 5) is 11.4. The number of nitrogens with one attached hydrogen (secondary N) is 1. The number of halogens is 3. The van der Waals surface area contributed by atoms with Crippen LogP contribution in [0.5, 0.6) is 0 Å². The number of benzene rings is 1. The summed E-state index contributed by atoms with van der Waals surface area (Å²) in [5, 5.41) is 2.63. The molecule has 1 N–H and O–H groups in total. The minimum atomic E-state index is -1.59. The fraction of sp³-hybridized carbons (Fsp3) is 0.364. The summed E-state index contributed by atoms with van der Waals surface area (Å²) in [7, 11) is 0. The van der Waals surface area contributed by atoms with E-state index in [0.717, 1.165) is 5.56 Å². The highest BCUT2D eigenvalue weighted by molar-refractivity contribution is 6.67. The van der Waals surface area contributed by atoms with Crippen molar-refractivity contribution in [1.82, 2.24) is 5.32 Å². The summed E-state index contributed by atoms with van der Waals surface area (Å²) >= 11 is 16.4. The maximum absolute atomic E-state index is 11.4. The molecule has 0 radical (unpaired) electrons. The second-order valence-electron chi connectivity index (χ2n) is 3.47. The lowest BCUT2D eigenvalue weighted by atomic mass is 10.1. The Bertz CT molecular complexity index is 365. The molecule has 6 heteroatoms. The first-order chi connectivity index (χ1) is 7.88. The van der Waals surface area contributed by atoms with Crippen molar-refractivity contribution in [3.8, 4) is 0 Å². The molecule has 3 nitrogen and oxygen atoms in total. The minimum Gasteiger partial charge on any atom is -0.445 e. The van der Waals surface area contributed by atoms with Crippen molar-refractivity contribution >= 4 is 40.9 Å². The average molecular weight is 297 g/mol. The van der Waals surface area contributed by atoms with Gasteiger partial charge in [0.2, 0.25) is 3.79 Å². The van der Waals surface area contributed by atoms with Crippen LogP contribution in [0, 0.1) is 0 Å². The number of carbonyl (C=O) groups excluding carboxylic acids is 1. The topological polar surface area (TPSA) is 38.3 Å². The van der Waals surface area contributed by atoms with Gasteiger partial charge >= 0.3 is 6.09 Å². The molecule has 0 aliphatic rings. The third-order valence-corrected chi connectivity index (χ3v) is 2.33. The molecule has 1 aromatic carbocycles. The fourth-order valence-corrected chi connectivity index (χ4v) is 1.35. The van der Waals surface area contributed by atoms with Crippen LogP contribution in [0.25, 0.3) is 0 Å². The van der Waals surface area contributed by atoms with Crippen LogP contribution in [0.3, 0.4) is 0 Å². The highest BCUT2D eigenvalue weighted by Crippen LogP contribution is 2.26. The molecule has 1 atom stereocenters. The molecule has 0 saturated heterocycles. The summed E-state index contributed by atoms with van der Waals surface area (Å²) in [6.07, 6.45) is -0.618. The van der Waals surface area contributed by atoms with E-state index in [1.54, 1.807) is 0 Å². The molecule has 94 valence electrons. The van der Waals surface area contributed by atoms with Crippen LogP contribution in [-0.2, 0) is 4.74 Å². The van der Waals surface area contributed by atoms with Crippen molar-refractivity contribution in [3.05, 3.63) is 35.9 Å². The molecule has 1 rings (SSSR count). The van der Waals surface area contributed by atoms with Gasteiger partial charge in [0.1, 0.15) is 6.61 Å². The third-order valence-electron chi connectivity index (χ3n) is 2.00. The average Bonchev–Trinajstić information content (AvgIpc) is 2.27. The van der Waals surface area contributed by atoms with E-state index in [1.807, 2.05) is 37.3 Å². The number of rotatable bonds is 3. The van der Waals surface area contributed by atoms with Gasteiger partial charge in [0.05, 0.1) is 6.04 Å². The molecule has 0 unspecified atom stereocenters. The van der Waals surface area contributed by atoms with Crippen molar-refractivity contribution in [2.24, 2.45) is 0 Å². The first-order valence-corrected chi connectivity index (χ1v) is 6.07. The summed E-state index contributed by atoms with van der Waals surface area (Å²) in [5.74, 6) is 0. The number of carbonyl (C=O) groups is 1. The first-order valence-electron chi connectivity index (χ1n) is 4.93. The van der Waals surface area contributed by atoms with Crippen LogP contribution in [0.4, 0.5) is 4.79 Å². The zero-order valence-corrected chi connectivity index (χ0v) is 11.4. The Morgan fingerprint density at radius 3 is 2.47 bits per heavy atom. The second kappa shape index (κ2) is 6.34. The molecule has 0 heterocycles. The molecule has 0 aromatic heterocycles. The van der Waals surface area contributed by atoms with Gasteiger partial charge in [0, 0.05) is 0 Å². The van der Waals surface area contributed by atoms with E-state index in [1.165, 1.54) is 0 Å². The van der Waals surface area contributed by atoms with E-state index in [2.05, 4.69) is 5.32 Å². The zero-order chi connectivity index (χ0) is 12.9. The standard InChI is InChI=1S/C11H12Cl3NO2/c1-8(9-5-3-2-4-6-9)15-10(16)17-7-11(12,13)14/h2-6,8H,7H2,1H3,(H,15,16)/t8-/m1/s1. The molecule has 17 heavy (non-hydrogen) atoms. The Labute approximate surface area is 115 Å². The Kier molecular flexibility index (Phi) is 5.37. The molecule has 1 aromatic rings. The van der Waals surface area contributed by atoms with Gasteiger partial charge in [-0.25, -0.2) is 4.79 Å². The predicted octanol–water partition coefficient (Wildman–Crippen LogP) is 3.84. The van der Waals surface area contributed by atoms with Gasteiger partial charge in [-0.15, -0.1) is 0 Å². The third kappa shape index (κ3) is 6.01. The molecule has 0 aliphatic heterocycles. The van der Waals surface area contributed by atoms with Crippen molar-refractivity contribution in [1.29, 1.82) is 0 Å². The minimum absolute atomic E-state index is 0.168. The molecule has 0 aliphatic carbocycles. The van der Waals surface area contributed by atoms with Crippen molar-refractivity contribution in [3.63, 3.8) is 0 Å². The Morgan fingerprint density at radius 1 is 1.35 bits per heavy atom. The summed E-state index contributed by atoms with van der Waals surface area (Å²) in [5.41, 5.74) is 0.971. The van der Waals surface area contributed by atoms with Gasteiger partial charge in [-0.2, -0.15) is 0 Å². The molecule has 0 saturated carbocycles. The lowest BCUT2D eigenvalue weighted by molar-refractivity contribution is 0.145. The summed E-state index contributed by atoms with van der Waals surface area (Å²) < 4.78 is 3.16. The molecular weight excluding hydrogens is 284 g/mol. The van der Waals surface area contributed by atoms with Gasteiger partial charge < -0.3 is 10.1 Å². The quantitative estimate of drug-likeness (QED) is 0.861. The molecule has 0 fully saturated rings. The van der Waals surface area contributed by atoms with Crippen LogP contribution in [0.2, 0.25) is 0 Å². The predicted molar refractivity (Wildman–Crippen MR) is 69.6 cm³/mol. The van der Waals surface area contributed by atoms with Crippen molar-refractivity contribution in [2.45, 2.75) is 16.8 Å². The van der Waals surface area contributed by atoms with Gasteiger partial charge in [-0.1, -0.05) is 65.1 Å². The van der Waals surface area contributed by atoms with E-state index in [4.69, 9.17) is 39.5 Å². The van der Waals surface area contributed by atoms with Crippen LogP contribution in [-0.4, -0.2) is 16.5 Å². The highest BCUT2D eigenvalue weighted by atomic mass is 35.6. The van der Waals surface area contributed by atoms with E-state index in [9.17, 15) is 4.79 Å². The van der Waals surface area contributed by atoms with Crippen LogP contribution < -0.4 is 5.32 Å². The number of alkyl carbamates (subject to hydrolysis) is 1. The SMILES string of the molecule is C[C@@H](NC(=O)OCC(Cl)(Cl)Cl)c1ccccc1. The van der Waals surface area contributed by atoms with E-state index < -0.39 is 9.89 Å². The lowest BCUT2D eigenvalue weighted by Crippen LogP contribution is -2.30. The Morgan fingerprint density at radius 2 is 1.94 bits per heavy atom. The van der Waals surface area contributed by atoms with Crippen LogP contribution in [0.15, 0.2) is 30.3 Å². The van der Waals surface area contributed by atoms with Gasteiger partial charge in [-0.05, 0) is 12.5 Å². The molecule has 0 bridgehead atoms. The lowest BCUT2D eigenvalue weighted by Gasteiger charge is -2.16. The fourth-order valence-electron chi connectivity index (χ4n) is 1.19. The number of ether oxygens (including phenoxy) is 1. The summed E-state index contributed by atoms with van der Waals surface area (Å²) in [6, 6.07) is 9.32. The van der Waals surface area contributed by atoms with Gasteiger partial charge in [0.25, 0.3) is 0 Å². The Balaban J connectivity index is 2.42. The van der Waals surface area contributed by atoms with Crippen LogP contribution in [0.1, 0.15) is 18.5 Å². The van der Waals surface area contributed by atoms with E-state index in [0.29, 0.717) is 0 Å². The number of amides is 1. The summed E-state index contributed by atoms with van der Waals surface area (Å²) in [6.45, 7) is 1.55. The number of hydrogen-bond acceptors (Lipinski definition) is 2. The highest BCUT2D eigenvalue weighted by Gasteiger charge is 2.22. The smallest absolute Gasteiger partial charge is 0.407 e. The largest absolute Gasteiger partial charge is 0.445 e. The van der Waals surface area contributed by atoms with E-state index >= 15 is 0 Å². The second-order valence-corrected chi connectivity index (χ2v) is 5.98. The molecule has 1 amide bonds. The maximum atomic E-state index is 11.4. The molecular formula is C11H12Cl3NO2. The van der Waals surface area contributed by atoms with Crippen LogP contribution >= 0.6 is 34.8 Å². The number of alkyl halides is 3. The normalized spacial score (nSPS) is 12.9. The Hall–Kier alpha value is -0.640. The number of hydrogen-bond donors (Lipinski definition) is 1.